The number of fused-ring (bicyclic) bond motifs is 1. The zero-order chi connectivity index (χ0) is 18.7. The van der Waals surface area contributed by atoms with Gasteiger partial charge in [0.25, 0.3) is 10.0 Å². The van der Waals surface area contributed by atoms with Crippen molar-refractivity contribution in [1.29, 1.82) is 0 Å². The smallest absolute Gasteiger partial charge is 0.262 e. The van der Waals surface area contributed by atoms with Crippen LogP contribution in [0.5, 0.6) is 11.5 Å². The van der Waals surface area contributed by atoms with E-state index < -0.39 is 21.7 Å². The van der Waals surface area contributed by atoms with E-state index in [9.17, 15) is 17.6 Å². The monoisotopic (exact) mass is 380 g/mol. The number of hydrogen-bond donors (Lipinski definition) is 2. The molecule has 2 N–H and O–H groups in total. The van der Waals surface area contributed by atoms with Gasteiger partial charge in [-0.2, -0.15) is 0 Å². The summed E-state index contributed by atoms with van der Waals surface area (Å²) in [5.41, 5.74) is -0.00127. The number of rotatable bonds is 4. The van der Waals surface area contributed by atoms with Crippen LogP contribution in [0.1, 0.15) is 13.3 Å². The Morgan fingerprint density at radius 3 is 2.54 bits per heavy atom. The molecular weight excluding hydrogens is 363 g/mol. The van der Waals surface area contributed by atoms with Gasteiger partial charge in [-0.1, -0.05) is 0 Å². The van der Waals surface area contributed by atoms with Crippen LogP contribution in [0.15, 0.2) is 41.3 Å². The zero-order valence-corrected chi connectivity index (χ0v) is 14.7. The first-order valence-electron chi connectivity index (χ1n) is 7.85. The Labute approximate surface area is 150 Å². The van der Waals surface area contributed by atoms with Gasteiger partial charge in [0.1, 0.15) is 5.82 Å². The van der Waals surface area contributed by atoms with Crippen LogP contribution in [0.3, 0.4) is 0 Å². The molecule has 3 rings (SSSR count). The number of ether oxygens (including phenoxy) is 2. The van der Waals surface area contributed by atoms with Gasteiger partial charge < -0.3 is 14.8 Å². The van der Waals surface area contributed by atoms with E-state index in [1.54, 1.807) is 0 Å². The summed E-state index contributed by atoms with van der Waals surface area (Å²) in [6.07, 6.45) is 0.705. The molecule has 0 saturated heterocycles. The lowest BCUT2D eigenvalue weighted by Gasteiger charge is -2.12. The maximum atomic E-state index is 13.7. The molecule has 0 bridgehead atoms. The summed E-state index contributed by atoms with van der Waals surface area (Å²) in [6, 6.07) is 7.84. The van der Waals surface area contributed by atoms with Gasteiger partial charge in [-0.15, -0.1) is 0 Å². The molecule has 1 aliphatic rings. The number of carbonyl (C=O) groups excluding carboxylic acids is 1. The highest BCUT2D eigenvalue weighted by molar-refractivity contribution is 7.92. The van der Waals surface area contributed by atoms with E-state index in [0.29, 0.717) is 31.1 Å². The number of amides is 1. The van der Waals surface area contributed by atoms with E-state index in [4.69, 9.17) is 9.47 Å². The number of benzene rings is 2. The quantitative estimate of drug-likeness (QED) is 0.851. The summed E-state index contributed by atoms with van der Waals surface area (Å²) in [7, 11) is -3.94. The Kier molecular flexibility index (Phi) is 4.99. The molecule has 2 aromatic carbocycles. The second-order valence-electron chi connectivity index (χ2n) is 5.64. The van der Waals surface area contributed by atoms with Crippen LogP contribution < -0.4 is 19.5 Å². The second kappa shape index (κ2) is 7.20. The van der Waals surface area contributed by atoms with Crippen LogP contribution >= 0.6 is 0 Å². The highest BCUT2D eigenvalue weighted by Crippen LogP contribution is 2.32. The SMILES string of the molecule is CC(=O)Nc1cc(NS(=O)(=O)c2ccc3c(c2)OCCCO3)ccc1F. The molecule has 7 nitrogen and oxygen atoms in total. The third-order valence-electron chi connectivity index (χ3n) is 3.56. The van der Waals surface area contributed by atoms with E-state index in [2.05, 4.69) is 10.0 Å². The van der Waals surface area contributed by atoms with E-state index >= 15 is 0 Å². The summed E-state index contributed by atoms with van der Waals surface area (Å²) in [6.45, 7) is 2.16. The van der Waals surface area contributed by atoms with Crippen molar-refractivity contribution in [2.45, 2.75) is 18.2 Å². The number of halogens is 1. The van der Waals surface area contributed by atoms with Crippen LogP contribution in [-0.2, 0) is 14.8 Å². The summed E-state index contributed by atoms with van der Waals surface area (Å²) in [5.74, 6) is -0.301. The highest BCUT2D eigenvalue weighted by atomic mass is 32.2. The van der Waals surface area contributed by atoms with Gasteiger partial charge in [-0.25, -0.2) is 12.8 Å². The fourth-order valence-corrected chi connectivity index (χ4v) is 3.46. The minimum atomic E-state index is -3.94. The number of sulfonamides is 1. The Morgan fingerprint density at radius 1 is 1.08 bits per heavy atom. The van der Waals surface area contributed by atoms with Crippen LogP contribution in [0.2, 0.25) is 0 Å². The van der Waals surface area contributed by atoms with E-state index in [1.165, 1.54) is 37.3 Å². The Balaban J connectivity index is 1.87. The van der Waals surface area contributed by atoms with Gasteiger partial charge >= 0.3 is 0 Å². The molecule has 0 saturated carbocycles. The van der Waals surface area contributed by atoms with Gasteiger partial charge in [0.2, 0.25) is 5.91 Å². The number of hydrogen-bond acceptors (Lipinski definition) is 5. The van der Waals surface area contributed by atoms with Crippen LogP contribution in [0.25, 0.3) is 0 Å². The highest BCUT2D eigenvalue weighted by Gasteiger charge is 2.19. The van der Waals surface area contributed by atoms with Crippen molar-refractivity contribution in [3.63, 3.8) is 0 Å². The molecule has 1 aliphatic heterocycles. The average Bonchev–Trinajstić information content (AvgIpc) is 2.82. The topological polar surface area (TPSA) is 93.7 Å². The van der Waals surface area contributed by atoms with Gasteiger partial charge in [0, 0.05) is 19.4 Å². The predicted molar refractivity (Wildman–Crippen MR) is 93.6 cm³/mol. The molecule has 0 spiro atoms. The number of nitrogens with one attached hydrogen (secondary N) is 2. The lowest BCUT2D eigenvalue weighted by Crippen LogP contribution is -2.14. The summed E-state index contributed by atoms with van der Waals surface area (Å²) >= 11 is 0. The maximum absolute atomic E-state index is 13.7. The van der Waals surface area contributed by atoms with Crippen molar-refractivity contribution in [3.05, 3.63) is 42.2 Å². The minimum absolute atomic E-state index is 0.0212. The number of carbonyl (C=O) groups is 1. The third-order valence-corrected chi connectivity index (χ3v) is 4.94. The van der Waals surface area contributed by atoms with Gasteiger partial charge in [-0.05, 0) is 30.3 Å². The second-order valence-corrected chi connectivity index (χ2v) is 7.32. The largest absolute Gasteiger partial charge is 0.490 e. The molecule has 0 aliphatic carbocycles. The first-order valence-corrected chi connectivity index (χ1v) is 9.33. The van der Waals surface area contributed by atoms with Gasteiger partial charge in [0.15, 0.2) is 11.5 Å². The molecule has 2 aromatic rings. The van der Waals surface area contributed by atoms with Crippen molar-refractivity contribution in [2.75, 3.05) is 23.3 Å². The van der Waals surface area contributed by atoms with E-state index in [1.807, 2.05) is 0 Å². The van der Waals surface area contributed by atoms with Crippen molar-refractivity contribution < 1.29 is 27.1 Å². The molecule has 26 heavy (non-hydrogen) atoms. The molecular formula is C17H17FN2O5S. The molecule has 138 valence electrons. The summed E-state index contributed by atoms with van der Waals surface area (Å²) < 4.78 is 52.2. The lowest BCUT2D eigenvalue weighted by atomic mass is 10.2. The summed E-state index contributed by atoms with van der Waals surface area (Å²) in [5, 5.41) is 2.30. The Morgan fingerprint density at radius 2 is 1.81 bits per heavy atom. The van der Waals surface area contributed by atoms with Crippen LogP contribution in [-0.4, -0.2) is 27.5 Å². The zero-order valence-electron chi connectivity index (χ0n) is 13.9. The molecule has 0 radical (unpaired) electrons. The van der Waals surface area contributed by atoms with Crippen molar-refractivity contribution in [3.8, 4) is 11.5 Å². The van der Waals surface area contributed by atoms with Crippen molar-refractivity contribution >= 4 is 27.3 Å². The van der Waals surface area contributed by atoms with Gasteiger partial charge in [-0.3, -0.25) is 9.52 Å². The van der Waals surface area contributed by atoms with E-state index in [-0.39, 0.29) is 16.3 Å². The third kappa shape index (κ3) is 4.05. The van der Waals surface area contributed by atoms with Crippen molar-refractivity contribution in [1.82, 2.24) is 0 Å². The van der Waals surface area contributed by atoms with Crippen LogP contribution in [0.4, 0.5) is 15.8 Å². The maximum Gasteiger partial charge on any atom is 0.262 e. The molecule has 0 fully saturated rings. The Bertz CT molecular complexity index is 946. The standard InChI is InChI=1S/C17H17FN2O5S/c1-11(21)19-15-9-12(3-5-14(15)18)20-26(22,23)13-4-6-16-17(10-13)25-8-2-7-24-16/h3-6,9-10,20H,2,7-8H2,1H3,(H,19,21). The van der Waals surface area contributed by atoms with Gasteiger partial charge in [0.05, 0.1) is 29.5 Å². The number of anilines is 2. The van der Waals surface area contributed by atoms with Crippen LogP contribution in [0, 0.1) is 5.82 Å². The normalized spacial score (nSPS) is 13.6. The fraction of sp³-hybridized carbons (Fsp3) is 0.235. The molecule has 1 amide bonds. The molecule has 9 heteroatoms. The lowest BCUT2D eigenvalue weighted by molar-refractivity contribution is -0.114. The Hall–Kier alpha value is -2.81. The molecule has 0 unspecified atom stereocenters. The molecule has 1 heterocycles. The molecule has 0 atom stereocenters. The van der Waals surface area contributed by atoms with E-state index in [0.717, 1.165) is 6.07 Å². The summed E-state index contributed by atoms with van der Waals surface area (Å²) in [4.78, 5) is 11.1. The average molecular weight is 380 g/mol. The fourth-order valence-electron chi connectivity index (χ4n) is 2.40. The minimum Gasteiger partial charge on any atom is -0.490 e. The molecule has 0 aromatic heterocycles. The first-order chi connectivity index (χ1) is 12.3. The first kappa shape index (κ1) is 18.0. The van der Waals surface area contributed by atoms with Crippen molar-refractivity contribution in [2.24, 2.45) is 0 Å². The predicted octanol–water partition coefficient (Wildman–Crippen LogP) is 2.75.